The molecule has 0 atom stereocenters. The van der Waals surface area contributed by atoms with Crippen molar-refractivity contribution in [2.75, 3.05) is 11.9 Å². The molecule has 2 aromatic rings. The van der Waals surface area contributed by atoms with Crippen LogP contribution in [-0.2, 0) is 6.42 Å². The Bertz CT molecular complexity index is 671. The van der Waals surface area contributed by atoms with E-state index >= 15 is 0 Å². The first-order valence-corrected chi connectivity index (χ1v) is 6.71. The Kier molecular flexibility index (Phi) is 4.52. The van der Waals surface area contributed by atoms with E-state index in [9.17, 15) is 14.5 Å². The third-order valence-electron chi connectivity index (χ3n) is 3.42. The maximum Gasteiger partial charge on any atom is 0.272 e. The molecule has 0 aromatic heterocycles. The van der Waals surface area contributed by atoms with Crippen molar-refractivity contribution < 1.29 is 9.31 Å². The molecule has 1 N–H and O–H groups in total. The Hall–Kier alpha value is -2.43. The number of rotatable bonds is 5. The Morgan fingerprint density at radius 1 is 1.14 bits per heavy atom. The second-order valence-corrected chi connectivity index (χ2v) is 5.01. The Morgan fingerprint density at radius 2 is 1.90 bits per heavy atom. The summed E-state index contributed by atoms with van der Waals surface area (Å²) >= 11 is 0. The van der Waals surface area contributed by atoms with Gasteiger partial charge in [-0.2, -0.15) is 0 Å². The lowest BCUT2D eigenvalue weighted by Crippen LogP contribution is -2.06. The molecule has 5 heteroatoms. The van der Waals surface area contributed by atoms with Gasteiger partial charge in [-0.3, -0.25) is 10.1 Å². The van der Waals surface area contributed by atoms with E-state index in [1.807, 2.05) is 6.92 Å². The van der Waals surface area contributed by atoms with Crippen molar-refractivity contribution in [1.29, 1.82) is 0 Å². The number of aryl methyl sites for hydroxylation is 2. The second kappa shape index (κ2) is 6.35. The van der Waals surface area contributed by atoms with Crippen LogP contribution in [0.3, 0.4) is 0 Å². The molecule has 0 saturated heterocycles. The van der Waals surface area contributed by atoms with Crippen LogP contribution in [0.25, 0.3) is 0 Å². The van der Waals surface area contributed by atoms with Crippen LogP contribution < -0.4 is 5.32 Å². The molecule has 0 spiro atoms. The highest BCUT2D eigenvalue weighted by Gasteiger charge is 2.09. The Morgan fingerprint density at radius 3 is 2.52 bits per heavy atom. The molecule has 21 heavy (non-hydrogen) atoms. The zero-order valence-corrected chi connectivity index (χ0v) is 12.0. The fraction of sp³-hybridized carbons (Fsp3) is 0.250. The van der Waals surface area contributed by atoms with Gasteiger partial charge in [-0.15, -0.1) is 0 Å². The molecule has 0 aliphatic heterocycles. The smallest absolute Gasteiger partial charge is 0.272 e. The summed E-state index contributed by atoms with van der Waals surface area (Å²) in [6.07, 6.45) is 0.766. The van der Waals surface area contributed by atoms with Crippen molar-refractivity contribution >= 4 is 11.4 Å². The van der Waals surface area contributed by atoms with Crippen molar-refractivity contribution in [2.24, 2.45) is 0 Å². The highest BCUT2D eigenvalue weighted by molar-refractivity contribution is 5.53. The van der Waals surface area contributed by atoms with E-state index in [1.54, 1.807) is 25.1 Å². The zero-order valence-electron chi connectivity index (χ0n) is 12.0. The molecule has 0 radical (unpaired) electrons. The van der Waals surface area contributed by atoms with E-state index in [0.29, 0.717) is 12.1 Å². The highest BCUT2D eigenvalue weighted by atomic mass is 19.1. The molecule has 0 aliphatic rings. The quantitative estimate of drug-likeness (QED) is 0.668. The maximum atomic E-state index is 13.0. The van der Waals surface area contributed by atoms with E-state index in [1.165, 1.54) is 18.2 Å². The SMILES string of the molecule is Cc1cc(F)ccc1CCNc1ccc([N+](=O)[O-])c(C)c1. The molecule has 2 aromatic carbocycles. The van der Waals surface area contributed by atoms with E-state index in [4.69, 9.17) is 0 Å². The molecule has 0 unspecified atom stereocenters. The van der Waals surface area contributed by atoms with Crippen molar-refractivity contribution in [3.63, 3.8) is 0 Å². The van der Waals surface area contributed by atoms with Gasteiger partial charge in [0, 0.05) is 23.9 Å². The van der Waals surface area contributed by atoms with Crippen molar-refractivity contribution in [3.8, 4) is 0 Å². The summed E-state index contributed by atoms with van der Waals surface area (Å²) in [6, 6.07) is 9.72. The third-order valence-corrected chi connectivity index (χ3v) is 3.42. The number of nitro groups is 1. The number of nitrogens with zero attached hydrogens (tertiary/aromatic N) is 1. The van der Waals surface area contributed by atoms with Crippen molar-refractivity contribution in [3.05, 3.63) is 69.0 Å². The summed E-state index contributed by atoms with van der Waals surface area (Å²) in [5.74, 6) is -0.227. The van der Waals surface area contributed by atoms with Crippen molar-refractivity contribution in [1.82, 2.24) is 0 Å². The number of benzene rings is 2. The van der Waals surface area contributed by atoms with E-state index in [0.717, 1.165) is 23.2 Å². The molecule has 0 fully saturated rings. The molecular formula is C16H17FN2O2. The number of halogens is 1. The van der Waals surface area contributed by atoms with Gasteiger partial charge in [-0.1, -0.05) is 6.07 Å². The average molecular weight is 288 g/mol. The van der Waals surface area contributed by atoms with Gasteiger partial charge in [0.2, 0.25) is 0 Å². The lowest BCUT2D eigenvalue weighted by atomic mass is 10.1. The normalized spacial score (nSPS) is 10.4. The van der Waals surface area contributed by atoms with Crippen LogP contribution in [0.5, 0.6) is 0 Å². The van der Waals surface area contributed by atoms with Gasteiger partial charge in [0.05, 0.1) is 4.92 Å². The standard InChI is InChI=1S/C16H17FN2O2/c1-11-9-14(17)4-3-13(11)7-8-18-15-5-6-16(19(20)21)12(2)10-15/h3-6,9-10,18H,7-8H2,1-2H3. The molecule has 0 aliphatic carbocycles. The summed E-state index contributed by atoms with van der Waals surface area (Å²) in [5.41, 5.74) is 3.61. The predicted octanol–water partition coefficient (Wildman–Crippen LogP) is 4.01. The second-order valence-electron chi connectivity index (χ2n) is 5.01. The minimum absolute atomic E-state index is 0.120. The van der Waals surface area contributed by atoms with Gasteiger partial charge in [-0.25, -0.2) is 4.39 Å². The van der Waals surface area contributed by atoms with Gasteiger partial charge in [-0.05, 0) is 55.7 Å². The highest BCUT2D eigenvalue weighted by Crippen LogP contribution is 2.21. The van der Waals surface area contributed by atoms with Crippen LogP contribution in [-0.4, -0.2) is 11.5 Å². The minimum Gasteiger partial charge on any atom is -0.385 e. The first-order chi connectivity index (χ1) is 9.97. The molecule has 0 amide bonds. The number of hydrogen-bond donors (Lipinski definition) is 1. The molecule has 110 valence electrons. The molecular weight excluding hydrogens is 271 g/mol. The molecule has 4 nitrogen and oxygen atoms in total. The number of hydrogen-bond acceptors (Lipinski definition) is 3. The first kappa shape index (κ1) is 15.0. The Labute approximate surface area is 122 Å². The summed E-state index contributed by atoms with van der Waals surface area (Å²) in [5, 5.41) is 14.0. The van der Waals surface area contributed by atoms with Gasteiger partial charge >= 0.3 is 0 Å². The molecule has 0 saturated carbocycles. The maximum absolute atomic E-state index is 13.0. The van der Waals surface area contributed by atoms with Gasteiger partial charge in [0.1, 0.15) is 5.82 Å². The topological polar surface area (TPSA) is 55.2 Å². The number of nitro benzene ring substituents is 1. The van der Waals surface area contributed by atoms with Crippen LogP contribution in [0.2, 0.25) is 0 Å². The van der Waals surface area contributed by atoms with Gasteiger partial charge in [0.15, 0.2) is 0 Å². The zero-order chi connectivity index (χ0) is 15.4. The summed E-state index contributed by atoms with van der Waals surface area (Å²) in [6.45, 7) is 4.28. The summed E-state index contributed by atoms with van der Waals surface area (Å²) in [4.78, 5) is 10.4. The van der Waals surface area contributed by atoms with Gasteiger partial charge < -0.3 is 5.32 Å². The summed E-state index contributed by atoms with van der Waals surface area (Å²) < 4.78 is 13.0. The van der Waals surface area contributed by atoms with Crippen LogP contribution in [0.1, 0.15) is 16.7 Å². The lowest BCUT2D eigenvalue weighted by molar-refractivity contribution is -0.385. The largest absolute Gasteiger partial charge is 0.385 e. The van der Waals surface area contributed by atoms with Gasteiger partial charge in [0.25, 0.3) is 5.69 Å². The average Bonchev–Trinajstić information content (AvgIpc) is 2.41. The van der Waals surface area contributed by atoms with E-state index in [-0.39, 0.29) is 16.4 Å². The third kappa shape index (κ3) is 3.78. The van der Waals surface area contributed by atoms with Crippen LogP contribution in [0.4, 0.5) is 15.8 Å². The van der Waals surface area contributed by atoms with E-state index in [2.05, 4.69) is 5.32 Å². The molecule has 0 heterocycles. The molecule has 2 rings (SSSR count). The van der Waals surface area contributed by atoms with E-state index < -0.39 is 0 Å². The van der Waals surface area contributed by atoms with Crippen LogP contribution in [0, 0.1) is 29.8 Å². The number of anilines is 1. The van der Waals surface area contributed by atoms with Crippen LogP contribution in [0.15, 0.2) is 36.4 Å². The molecule has 0 bridgehead atoms. The minimum atomic E-state index is -0.388. The summed E-state index contributed by atoms with van der Waals surface area (Å²) in [7, 11) is 0. The first-order valence-electron chi connectivity index (χ1n) is 6.71. The fourth-order valence-corrected chi connectivity index (χ4v) is 2.25. The Balaban J connectivity index is 1.97. The fourth-order valence-electron chi connectivity index (χ4n) is 2.25. The lowest BCUT2D eigenvalue weighted by Gasteiger charge is -2.09. The van der Waals surface area contributed by atoms with Crippen LogP contribution >= 0.6 is 0 Å². The van der Waals surface area contributed by atoms with Crippen molar-refractivity contribution in [2.45, 2.75) is 20.3 Å². The predicted molar refractivity (Wildman–Crippen MR) is 81.2 cm³/mol. The monoisotopic (exact) mass is 288 g/mol. The number of nitrogens with one attached hydrogen (secondary N) is 1.